The van der Waals surface area contributed by atoms with Crippen molar-refractivity contribution < 1.29 is 4.79 Å². The van der Waals surface area contributed by atoms with Crippen molar-refractivity contribution in [2.75, 3.05) is 0 Å². The first-order valence-corrected chi connectivity index (χ1v) is 5.07. The lowest BCUT2D eigenvalue weighted by atomic mass is 10.1. The van der Waals surface area contributed by atoms with Crippen molar-refractivity contribution in [2.24, 2.45) is 5.73 Å². The van der Waals surface area contributed by atoms with E-state index in [2.05, 4.69) is 5.10 Å². The number of carbonyl (C=O) groups is 1. The minimum atomic E-state index is -0.543. The molecule has 0 saturated carbocycles. The average Bonchev–Trinajstić information content (AvgIpc) is 2.70. The van der Waals surface area contributed by atoms with E-state index in [1.165, 1.54) is 0 Å². The van der Waals surface area contributed by atoms with Gasteiger partial charge in [0.05, 0.1) is 16.3 Å². The lowest BCUT2D eigenvalue weighted by Gasteiger charge is -2.09. The Balaban J connectivity index is 2.63. The summed E-state index contributed by atoms with van der Waals surface area (Å²) >= 11 is 5.93. The van der Waals surface area contributed by atoms with Crippen LogP contribution in [-0.2, 0) is 0 Å². The average molecular weight is 236 g/mol. The van der Waals surface area contributed by atoms with Crippen LogP contribution in [0.4, 0.5) is 0 Å². The van der Waals surface area contributed by atoms with Gasteiger partial charge in [0.25, 0.3) is 0 Å². The van der Waals surface area contributed by atoms with E-state index in [1.54, 1.807) is 35.3 Å². The molecule has 82 valence electrons. The Labute approximate surface area is 97.6 Å². The van der Waals surface area contributed by atoms with E-state index in [0.29, 0.717) is 10.6 Å². The number of nitrogens with zero attached hydrogens (tertiary/aromatic N) is 2. The van der Waals surface area contributed by atoms with Crippen molar-refractivity contribution in [2.45, 2.75) is 6.92 Å². The number of carbonyl (C=O) groups excluding carboxylic acids is 1. The molecule has 0 unspecified atom stereocenters. The van der Waals surface area contributed by atoms with Gasteiger partial charge in [-0.15, -0.1) is 0 Å². The molecule has 1 aromatic carbocycles. The third kappa shape index (κ3) is 1.79. The van der Waals surface area contributed by atoms with Gasteiger partial charge >= 0.3 is 0 Å². The lowest BCUT2D eigenvalue weighted by Crippen LogP contribution is -2.13. The Hall–Kier alpha value is -1.81. The fourth-order valence-corrected chi connectivity index (χ4v) is 1.82. The van der Waals surface area contributed by atoms with Crippen molar-refractivity contribution in [1.82, 2.24) is 9.78 Å². The molecular weight excluding hydrogens is 226 g/mol. The Morgan fingerprint density at radius 1 is 1.50 bits per heavy atom. The van der Waals surface area contributed by atoms with Crippen LogP contribution in [-0.4, -0.2) is 15.7 Å². The summed E-state index contributed by atoms with van der Waals surface area (Å²) < 4.78 is 1.66. The number of hydrogen-bond donors (Lipinski definition) is 1. The van der Waals surface area contributed by atoms with E-state index in [0.717, 1.165) is 11.3 Å². The predicted molar refractivity (Wildman–Crippen MR) is 61.8 cm³/mol. The number of halogens is 1. The van der Waals surface area contributed by atoms with Crippen LogP contribution in [0.25, 0.3) is 5.69 Å². The molecule has 0 radical (unpaired) electrons. The third-order valence-corrected chi connectivity index (χ3v) is 2.62. The Morgan fingerprint density at radius 3 is 2.81 bits per heavy atom. The third-order valence-electron chi connectivity index (χ3n) is 2.30. The summed E-state index contributed by atoms with van der Waals surface area (Å²) in [5.74, 6) is -0.543. The minimum Gasteiger partial charge on any atom is -0.366 e. The van der Waals surface area contributed by atoms with Crippen LogP contribution in [0.3, 0.4) is 0 Å². The normalized spacial score (nSPS) is 10.4. The van der Waals surface area contributed by atoms with Crippen LogP contribution in [0.1, 0.15) is 15.9 Å². The second kappa shape index (κ2) is 3.98. The zero-order valence-electron chi connectivity index (χ0n) is 8.64. The molecule has 1 heterocycles. The smallest absolute Gasteiger partial charge is 0.250 e. The number of hydrogen-bond acceptors (Lipinski definition) is 2. The van der Waals surface area contributed by atoms with Gasteiger partial charge < -0.3 is 5.73 Å². The van der Waals surface area contributed by atoms with Gasteiger partial charge in [-0.2, -0.15) is 5.10 Å². The zero-order valence-corrected chi connectivity index (χ0v) is 9.40. The summed E-state index contributed by atoms with van der Waals surface area (Å²) in [5, 5.41) is 4.46. The van der Waals surface area contributed by atoms with Crippen molar-refractivity contribution in [3.63, 3.8) is 0 Å². The van der Waals surface area contributed by atoms with Gasteiger partial charge in [0, 0.05) is 12.4 Å². The number of amides is 1. The summed E-state index contributed by atoms with van der Waals surface area (Å²) in [6, 6.07) is 5.16. The van der Waals surface area contributed by atoms with Gasteiger partial charge in [-0.3, -0.25) is 4.79 Å². The lowest BCUT2D eigenvalue weighted by molar-refractivity contribution is 0.100. The zero-order chi connectivity index (χ0) is 11.7. The van der Waals surface area contributed by atoms with E-state index in [-0.39, 0.29) is 0 Å². The molecule has 0 aliphatic heterocycles. The maximum Gasteiger partial charge on any atom is 0.250 e. The van der Waals surface area contributed by atoms with Crippen LogP contribution in [0.5, 0.6) is 0 Å². The largest absolute Gasteiger partial charge is 0.366 e. The SMILES string of the molecule is Cc1cc(Cl)c(C(N)=O)cc1-n1cccn1. The molecule has 0 spiro atoms. The first-order valence-electron chi connectivity index (χ1n) is 4.69. The summed E-state index contributed by atoms with van der Waals surface area (Å²) in [4.78, 5) is 11.2. The quantitative estimate of drug-likeness (QED) is 0.865. The van der Waals surface area contributed by atoms with E-state index in [1.807, 2.05) is 6.92 Å². The monoisotopic (exact) mass is 235 g/mol. The molecular formula is C11H10ClN3O. The van der Waals surface area contributed by atoms with Gasteiger partial charge in [-0.1, -0.05) is 11.6 Å². The second-order valence-corrected chi connectivity index (χ2v) is 3.84. The molecule has 2 aromatic rings. The topological polar surface area (TPSA) is 60.9 Å². The van der Waals surface area contributed by atoms with Gasteiger partial charge in [0.15, 0.2) is 0 Å². The highest BCUT2D eigenvalue weighted by Gasteiger charge is 2.11. The molecule has 1 aromatic heterocycles. The van der Waals surface area contributed by atoms with Crippen LogP contribution < -0.4 is 5.73 Å². The molecule has 0 aliphatic rings. The molecule has 1 amide bonds. The predicted octanol–water partition coefficient (Wildman–Crippen LogP) is 1.93. The molecule has 2 N–H and O–H groups in total. The highest BCUT2D eigenvalue weighted by molar-refractivity contribution is 6.34. The van der Waals surface area contributed by atoms with Crippen LogP contribution >= 0.6 is 11.6 Å². The number of rotatable bonds is 2. The first kappa shape index (κ1) is 10.7. The van der Waals surface area contributed by atoms with E-state index >= 15 is 0 Å². The summed E-state index contributed by atoms with van der Waals surface area (Å²) in [6.07, 6.45) is 3.46. The van der Waals surface area contributed by atoms with E-state index in [9.17, 15) is 4.79 Å². The fourth-order valence-electron chi connectivity index (χ4n) is 1.51. The maximum atomic E-state index is 11.2. The Bertz CT molecular complexity index is 534. The minimum absolute atomic E-state index is 0.303. The molecule has 0 bridgehead atoms. The van der Waals surface area contributed by atoms with Crippen molar-refractivity contribution in [3.8, 4) is 5.69 Å². The molecule has 0 atom stereocenters. The second-order valence-electron chi connectivity index (χ2n) is 3.43. The molecule has 4 nitrogen and oxygen atoms in total. The first-order chi connectivity index (χ1) is 7.59. The summed E-state index contributed by atoms with van der Waals surface area (Å²) in [6.45, 7) is 1.90. The highest BCUT2D eigenvalue weighted by Crippen LogP contribution is 2.23. The van der Waals surface area contributed by atoms with E-state index in [4.69, 9.17) is 17.3 Å². The Kier molecular flexibility index (Phi) is 2.66. The number of nitrogens with two attached hydrogens (primary N) is 1. The molecule has 16 heavy (non-hydrogen) atoms. The number of primary amides is 1. The van der Waals surface area contributed by atoms with Gasteiger partial charge in [0.1, 0.15) is 0 Å². The fraction of sp³-hybridized carbons (Fsp3) is 0.0909. The molecule has 0 fully saturated rings. The molecule has 0 aliphatic carbocycles. The molecule has 0 saturated heterocycles. The van der Waals surface area contributed by atoms with Crippen molar-refractivity contribution in [1.29, 1.82) is 0 Å². The standard InChI is InChI=1S/C11H10ClN3O/c1-7-5-9(12)8(11(13)16)6-10(7)15-4-2-3-14-15/h2-6H,1H3,(H2,13,16). The van der Waals surface area contributed by atoms with E-state index < -0.39 is 5.91 Å². The number of aromatic nitrogens is 2. The van der Waals surface area contributed by atoms with Crippen LogP contribution in [0, 0.1) is 6.92 Å². The van der Waals surface area contributed by atoms with Gasteiger partial charge in [0.2, 0.25) is 5.91 Å². The van der Waals surface area contributed by atoms with Gasteiger partial charge in [-0.05, 0) is 30.7 Å². The number of benzene rings is 1. The van der Waals surface area contributed by atoms with Crippen LogP contribution in [0.2, 0.25) is 5.02 Å². The van der Waals surface area contributed by atoms with Crippen molar-refractivity contribution in [3.05, 3.63) is 46.7 Å². The van der Waals surface area contributed by atoms with Gasteiger partial charge in [-0.25, -0.2) is 4.68 Å². The Morgan fingerprint density at radius 2 is 2.25 bits per heavy atom. The van der Waals surface area contributed by atoms with Crippen LogP contribution in [0.15, 0.2) is 30.6 Å². The summed E-state index contributed by atoms with van der Waals surface area (Å²) in [5.41, 5.74) is 7.26. The molecule has 2 rings (SSSR count). The van der Waals surface area contributed by atoms with Crippen molar-refractivity contribution >= 4 is 17.5 Å². The maximum absolute atomic E-state index is 11.2. The highest BCUT2D eigenvalue weighted by atomic mass is 35.5. The molecule has 5 heteroatoms. The summed E-state index contributed by atoms with van der Waals surface area (Å²) in [7, 11) is 0. The number of aryl methyl sites for hydroxylation is 1.